The predicted octanol–water partition coefficient (Wildman–Crippen LogP) is 2.40. The van der Waals surface area contributed by atoms with Crippen molar-refractivity contribution in [1.29, 1.82) is 0 Å². The molecule has 23 heavy (non-hydrogen) atoms. The molecule has 1 amide bonds. The summed E-state index contributed by atoms with van der Waals surface area (Å²) in [6.07, 6.45) is 2.17. The predicted molar refractivity (Wildman–Crippen MR) is 86.5 cm³/mol. The summed E-state index contributed by atoms with van der Waals surface area (Å²) in [5.41, 5.74) is 1.95. The van der Waals surface area contributed by atoms with Crippen LogP contribution in [0.5, 0.6) is 0 Å². The van der Waals surface area contributed by atoms with Crippen molar-refractivity contribution in [2.24, 2.45) is 5.92 Å². The molecule has 0 N–H and O–H groups in total. The third-order valence-corrected chi connectivity index (χ3v) is 4.62. The second kappa shape index (κ2) is 6.16. The quantitative estimate of drug-likeness (QED) is 0.870. The second-order valence-corrected chi connectivity index (χ2v) is 6.42. The normalized spacial score (nSPS) is 19.0. The van der Waals surface area contributed by atoms with E-state index in [0.717, 1.165) is 62.6 Å². The van der Waals surface area contributed by atoms with Gasteiger partial charge in [-0.3, -0.25) is 9.69 Å². The fraction of sp³-hybridized carbons (Fsp3) is 0.444. The molecule has 2 aromatic rings. The molecule has 0 radical (unpaired) electrons. The van der Waals surface area contributed by atoms with Crippen LogP contribution in [0.25, 0.3) is 11.3 Å². The molecule has 2 fully saturated rings. The van der Waals surface area contributed by atoms with E-state index in [-0.39, 0.29) is 0 Å². The Bertz CT molecular complexity index is 671. The van der Waals surface area contributed by atoms with Gasteiger partial charge in [0.25, 0.3) is 0 Å². The van der Waals surface area contributed by atoms with E-state index in [1.165, 1.54) is 0 Å². The number of piperazine rings is 1. The van der Waals surface area contributed by atoms with Crippen LogP contribution < -0.4 is 0 Å². The zero-order chi connectivity index (χ0) is 15.6. The standard InChI is InChI=1S/C18H21N3O2/c22-18(15-6-7-15)21-10-8-20(9-11-21)13-16-12-17(19-23-16)14-4-2-1-3-5-14/h1-5,12,15H,6-11,13H2. The van der Waals surface area contributed by atoms with Gasteiger partial charge in [-0.2, -0.15) is 0 Å². The number of carbonyl (C=O) groups excluding carboxylic acids is 1. The summed E-state index contributed by atoms with van der Waals surface area (Å²) >= 11 is 0. The van der Waals surface area contributed by atoms with Gasteiger partial charge >= 0.3 is 0 Å². The number of amides is 1. The molecule has 0 unspecified atom stereocenters. The van der Waals surface area contributed by atoms with E-state index >= 15 is 0 Å². The van der Waals surface area contributed by atoms with Gasteiger partial charge < -0.3 is 9.42 Å². The lowest BCUT2D eigenvalue weighted by Gasteiger charge is -2.34. The van der Waals surface area contributed by atoms with Gasteiger partial charge in [-0.05, 0) is 12.8 Å². The van der Waals surface area contributed by atoms with Crippen LogP contribution in [-0.2, 0) is 11.3 Å². The van der Waals surface area contributed by atoms with Crippen LogP contribution in [0.4, 0.5) is 0 Å². The highest BCUT2D eigenvalue weighted by Gasteiger charge is 2.34. The number of carbonyl (C=O) groups is 1. The third-order valence-electron chi connectivity index (χ3n) is 4.62. The minimum atomic E-state index is 0.323. The first-order valence-electron chi connectivity index (χ1n) is 8.32. The Kier molecular flexibility index (Phi) is 3.87. The maximum Gasteiger partial charge on any atom is 0.225 e. The Balaban J connectivity index is 1.33. The van der Waals surface area contributed by atoms with Crippen LogP contribution in [0.15, 0.2) is 40.9 Å². The highest BCUT2D eigenvalue weighted by molar-refractivity contribution is 5.81. The molecule has 0 atom stereocenters. The van der Waals surface area contributed by atoms with Crippen LogP contribution in [-0.4, -0.2) is 47.0 Å². The molecule has 1 aromatic heterocycles. The smallest absolute Gasteiger partial charge is 0.225 e. The summed E-state index contributed by atoms with van der Waals surface area (Å²) in [6, 6.07) is 12.1. The van der Waals surface area contributed by atoms with Crippen molar-refractivity contribution < 1.29 is 9.32 Å². The number of hydrogen-bond donors (Lipinski definition) is 0. The van der Waals surface area contributed by atoms with Gasteiger partial charge in [0.2, 0.25) is 5.91 Å². The summed E-state index contributed by atoms with van der Waals surface area (Å²) < 4.78 is 5.47. The lowest BCUT2D eigenvalue weighted by Crippen LogP contribution is -2.48. The van der Waals surface area contributed by atoms with E-state index in [4.69, 9.17) is 4.52 Å². The molecular formula is C18H21N3O2. The molecule has 0 bridgehead atoms. The van der Waals surface area contributed by atoms with Gasteiger partial charge in [0.05, 0.1) is 6.54 Å². The Hall–Kier alpha value is -2.14. The molecule has 1 aliphatic carbocycles. The van der Waals surface area contributed by atoms with Crippen molar-refractivity contribution in [3.05, 3.63) is 42.2 Å². The van der Waals surface area contributed by atoms with Crippen LogP contribution in [0.2, 0.25) is 0 Å². The first kappa shape index (κ1) is 14.5. The highest BCUT2D eigenvalue weighted by Crippen LogP contribution is 2.31. The van der Waals surface area contributed by atoms with Crippen molar-refractivity contribution in [3.63, 3.8) is 0 Å². The molecule has 1 aromatic carbocycles. The fourth-order valence-corrected chi connectivity index (χ4v) is 3.07. The maximum absolute atomic E-state index is 12.1. The summed E-state index contributed by atoms with van der Waals surface area (Å²) in [7, 11) is 0. The van der Waals surface area contributed by atoms with Crippen LogP contribution in [0, 0.1) is 5.92 Å². The zero-order valence-electron chi connectivity index (χ0n) is 13.1. The van der Waals surface area contributed by atoms with Crippen molar-refractivity contribution >= 4 is 5.91 Å². The lowest BCUT2D eigenvalue weighted by molar-refractivity contribution is -0.134. The van der Waals surface area contributed by atoms with E-state index in [1.807, 2.05) is 41.3 Å². The van der Waals surface area contributed by atoms with Crippen molar-refractivity contribution in [1.82, 2.24) is 15.0 Å². The number of benzene rings is 1. The molecule has 5 nitrogen and oxygen atoms in total. The van der Waals surface area contributed by atoms with Crippen molar-refractivity contribution in [2.45, 2.75) is 19.4 Å². The van der Waals surface area contributed by atoms with Gasteiger partial charge in [-0.15, -0.1) is 0 Å². The molecular weight excluding hydrogens is 290 g/mol. The SMILES string of the molecule is O=C(C1CC1)N1CCN(Cc2cc(-c3ccccc3)no2)CC1. The van der Waals surface area contributed by atoms with Crippen LogP contribution >= 0.6 is 0 Å². The van der Waals surface area contributed by atoms with Crippen molar-refractivity contribution in [2.75, 3.05) is 26.2 Å². The molecule has 1 saturated carbocycles. The van der Waals surface area contributed by atoms with E-state index in [9.17, 15) is 4.79 Å². The molecule has 0 spiro atoms. The van der Waals surface area contributed by atoms with Gasteiger partial charge in [-0.25, -0.2) is 0 Å². The summed E-state index contributed by atoms with van der Waals surface area (Å²) in [4.78, 5) is 16.4. The number of nitrogens with zero attached hydrogens (tertiary/aromatic N) is 3. The summed E-state index contributed by atoms with van der Waals surface area (Å²) in [6.45, 7) is 4.22. The minimum absolute atomic E-state index is 0.323. The Morgan fingerprint density at radius 3 is 2.57 bits per heavy atom. The zero-order valence-corrected chi connectivity index (χ0v) is 13.1. The molecule has 120 valence electrons. The highest BCUT2D eigenvalue weighted by atomic mass is 16.5. The Morgan fingerprint density at radius 2 is 1.87 bits per heavy atom. The second-order valence-electron chi connectivity index (χ2n) is 6.42. The van der Waals surface area contributed by atoms with E-state index in [2.05, 4.69) is 10.1 Å². The Morgan fingerprint density at radius 1 is 1.13 bits per heavy atom. The summed E-state index contributed by atoms with van der Waals surface area (Å²) in [5, 5.41) is 4.16. The summed E-state index contributed by atoms with van der Waals surface area (Å²) in [5.74, 6) is 1.56. The monoisotopic (exact) mass is 311 g/mol. The molecule has 1 aliphatic heterocycles. The van der Waals surface area contributed by atoms with Crippen molar-refractivity contribution in [3.8, 4) is 11.3 Å². The number of hydrogen-bond acceptors (Lipinski definition) is 4. The van der Waals surface area contributed by atoms with E-state index in [1.54, 1.807) is 0 Å². The molecule has 2 heterocycles. The third kappa shape index (κ3) is 3.29. The molecule has 4 rings (SSSR count). The molecule has 5 heteroatoms. The maximum atomic E-state index is 12.1. The molecule has 1 saturated heterocycles. The lowest BCUT2D eigenvalue weighted by atomic mass is 10.1. The average molecular weight is 311 g/mol. The first-order valence-corrected chi connectivity index (χ1v) is 8.32. The van der Waals surface area contributed by atoms with Gasteiger partial charge in [0.15, 0.2) is 5.76 Å². The van der Waals surface area contributed by atoms with Crippen LogP contribution in [0.3, 0.4) is 0 Å². The van der Waals surface area contributed by atoms with E-state index in [0.29, 0.717) is 11.8 Å². The van der Waals surface area contributed by atoms with E-state index < -0.39 is 0 Å². The van der Waals surface area contributed by atoms with Crippen LogP contribution in [0.1, 0.15) is 18.6 Å². The van der Waals surface area contributed by atoms with Gasteiger partial charge in [0, 0.05) is 43.7 Å². The molecule has 2 aliphatic rings. The van der Waals surface area contributed by atoms with Gasteiger partial charge in [0.1, 0.15) is 5.69 Å². The fourth-order valence-electron chi connectivity index (χ4n) is 3.07. The number of rotatable bonds is 4. The van der Waals surface area contributed by atoms with Gasteiger partial charge in [-0.1, -0.05) is 35.5 Å². The largest absolute Gasteiger partial charge is 0.359 e. The number of aromatic nitrogens is 1. The Labute approximate surface area is 135 Å². The average Bonchev–Trinajstić information content (AvgIpc) is 3.35. The first-order chi connectivity index (χ1) is 11.3. The topological polar surface area (TPSA) is 49.6 Å². The minimum Gasteiger partial charge on any atom is -0.359 e.